The molecule has 3 rings (SSSR count). The monoisotopic (exact) mass is 460 g/mol. The van der Waals surface area contributed by atoms with E-state index in [2.05, 4.69) is 26.2 Å². The second kappa shape index (κ2) is 9.33. The third-order valence-electron chi connectivity index (χ3n) is 4.02. The highest BCUT2D eigenvalue weighted by Crippen LogP contribution is 2.19. The Hall–Kier alpha value is -3.20. The van der Waals surface area contributed by atoms with E-state index in [0.29, 0.717) is 0 Å². The van der Waals surface area contributed by atoms with Gasteiger partial charge in [0, 0.05) is 6.54 Å². The number of rotatable bonds is 7. The molecule has 7 nitrogen and oxygen atoms in total. The second-order valence-electron chi connectivity index (χ2n) is 6.17. The van der Waals surface area contributed by atoms with Gasteiger partial charge in [-0.3, -0.25) is 9.36 Å². The fourth-order valence-corrected chi connectivity index (χ4v) is 3.05. The molecule has 0 bridgehead atoms. The molecule has 0 saturated heterocycles. The van der Waals surface area contributed by atoms with Crippen LogP contribution in [-0.2, 0) is 19.7 Å². The van der Waals surface area contributed by atoms with Gasteiger partial charge in [0.1, 0.15) is 29.3 Å². The van der Waals surface area contributed by atoms with E-state index in [-0.39, 0.29) is 41.4 Å². The van der Waals surface area contributed by atoms with Crippen LogP contribution >= 0.6 is 15.9 Å². The maximum Gasteiger partial charge on any atom is 0.271 e. The largest absolute Gasteiger partial charge is 0.530 e. The highest BCUT2D eigenvalue weighted by molar-refractivity contribution is 9.10. The predicted octanol–water partition coefficient (Wildman–Crippen LogP) is 2.21. The minimum atomic E-state index is -1.35. The fraction of sp³-hybridized carbons (Fsp3) is 0.150. The number of halogens is 2. The molecular weight excluding hydrogens is 445 g/mol. The Morgan fingerprint density at radius 1 is 1.17 bits per heavy atom. The van der Waals surface area contributed by atoms with E-state index in [4.69, 9.17) is 4.74 Å². The summed E-state index contributed by atoms with van der Waals surface area (Å²) in [7, 11) is 0. The highest BCUT2D eigenvalue weighted by atomic mass is 79.9. The normalized spacial score (nSPS) is 10.6. The number of hydrogen-bond acceptors (Lipinski definition) is 5. The number of aromatic nitrogens is 2. The van der Waals surface area contributed by atoms with E-state index in [1.54, 1.807) is 30.3 Å². The predicted molar refractivity (Wildman–Crippen MR) is 105 cm³/mol. The maximum absolute atomic E-state index is 13.0. The average molecular weight is 461 g/mol. The molecular formula is C20H16BrFN3O4-. The molecule has 2 aromatic carbocycles. The summed E-state index contributed by atoms with van der Waals surface area (Å²) in [6.07, 6.45) is 0.0232. The second-order valence-corrected chi connectivity index (χ2v) is 6.97. The van der Waals surface area contributed by atoms with Crippen molar-refractivity contribution in [2.75, 3.05) is 0 Å². The molecule has 9 heteroatoms. The molecule has 0 aliphatic carbocycles. The van der Waals surface area contributed by atoms with Gasteiger partial charge in [-0.15, -0.1) is 0 Å². The molecule has 0 aliphatic heterocycles. The summed E-state index contributed by atoms with van der Waals surface area (Å²) in [6.45, 7) is 0.508. The van der Waals surface area contributed by atoms with E-state index >= 15 is 0 Å². The van der Waals surface area contributed by atoms with Crippen LogP contribution in [0.2, 0.25) is 0 Å². The van der Waals surface area contributed by atoms with Gasteiger partial charge in [-0.05, 0) is 44.8 Å². The lowest BCUT2D eigenvalue weighted by Crippen LogP contribution is -2.35. The Labute approximate surface area is 173 Å². The zero-order chi connectivity index (χ0) is 20.8. The third kappa shape index (κ3) is 5.64. The Morgan fingerprint density at radius 3 is 2.62 bits per heavy atom. The van der Waals surface area contributed by atoms with Gasteiger partial charge >= 0.3 is 0 Å². The minimum Gasteiger partial charge on any atom is -0.530 e. The third-order valence-corrected chi connectivity index (χ3v) is 4.70. The molecule has 0 radical (unpaired) electrons. The fourth-order valence-electron chi connectivity index (χ4n) is 2.60. The van der Waals surface area contributed by atoms with Crippen molar-refractivity contribution < 1.29 is 19.0 Å². The quantitative estimate of drug-likeness (QED) is 0.582. The van der Waals surface area contributed by atoms with E-state index in [1.807, 2.05) is 6.07 Å². The van der Waals surface area contributed by atoms with Gasteiger partial charge in [0.15, 0.2) is 0 Å². The molecule has 1 amide bonds. The van der Waals surface area contributed by atoms with Gasteiger partial charge in [0.2, 0.25) is 5.88 Å². The van der Waals surface area contributed by atoms with Crippen LogP contribution in [0.3, 0.4) is 0 Å². The molecule has 0 saturated carbocycles. The number of amides is 1. The number of carbonyl (C=O) groups excluding carboxylic acids is 1. The van der Waals surface area contributed by atoms with Crippen molar-refractivity contribution in [3.63, 3.8) is 0 Å². The molecule has 3 aromatic rings. The number of nitrogens with zero attached hydrogens (tertiary/aromatic N) is 2. The van der Waals surface area contributed by atoms with Crippen LogP contribution in [0.25, 0.3) is 0 Å². The van der Waals surface area contributed by atoms with Crippen LogP contribution in [0.4, 0.5) is 9.18 Å². The standard InChI is InChI=1S/C20H17BrFN3O4/c21-17-18(29-11-13-4-6-16(22)7-5-13)24-12-25(19(17)26)10-15-3-1-2-14(8-15)9-23-20(27)28/h1-8,12,23H,9-11H2,(H,27,28)/p-1. The average Bonchev–Trinajstić information content (AvgIpc) is 2.71. The molecule has 0 fully saturated rings. The first-order valence-corrected chi connectivity index (χ1v) is 9.36. The Bertz CT molecular complexity index is 1070. The zero-order valence-corrected chi connectivity index (χ0v) is 16.7. The number of hydrogen-bond donors (Lipinski definition) is 1. The van der Waals surface area contributed by atoms with E-state index in [1.165, 1.54) is 23.0 Å². The van der Waals surface area contributed by atoms with E-state index in [9.17, 15) is 19.1 Å². The van der Waals surface area contributed by atoms with Crippen molar-refractivity contribution >= 4 is 22.0 Å². The Kier molecular flexibility index (Phi) is 6.61. The van der Waals surface area contributed by atoms with Crippen molar-refractivity contribution in [1.82, 2.24) is 14.9 Å². The lowest BCUT2D eigenvalue weighted by molar-refractivity contribution is -0.251. The molecule has 29 heavy (non-hydrogen) atoms. The van der Waals surface area contributed by atoms with Crippen LogP contribution in [0.15, 0.2) is 64.1 Å². The summed E-state index contributed by atoms with van der Waals surface area (Å²) in [6, 6.07) is 13.0. The lowest BCUT2D eigenvalue weighted by atomic mass is 10.1. The molecule has 0 aliphatic rings. The van der Waals surface area contributed by atoms with Gasteiger partial charge in [0.05, 0.1) is 6.54 Å². The topological polar surface area (TPSA) is 96.3 Å². The van der Waals surface area contributed by atoms with Gasteiger partial charge in [-0.25, -0.2) is 9.37 Å². The number of carbonyl (C=O) groups is 1. The summed E-state index contributed by atoms with van der Waals surface area (Å²) in [5.41, 5.74) is 1.96. The highest BCUT2D eigenvalue weighted by Gasteiger charge is 2.11. The molecule has 1 heterocycles. The van der Waals surface area contributed by atoms with Crippen molar-refractivity contribution in [3.05, 3.63) is 92.2 Å². The number of benzene rings is 2. The molecule has 0 spiro atoms. The van der Waals surface area contributed by atoms with Crippen LogP contribution in [-0.4, -0.2) is 15.6 Å². The van der Waals surface area contributed by atoms with Gasteiger partial charge in [-0.2, -0.15) is 0 Å². The van der Waals surface area contributed by atoms with Gasteiger partial charge in [0.25, 0.3) is 5.56 Å². The van der Waals surface area contributed by atoms with Crippen molar-refractivity contribution in [3.8, 4) is 5.88 Å². The van der Waals surface area contributed by atoms with Gasteiger partial charge < -0.3 is 20.0 Å². The SMILES string of the molecule is O=C([O-])NCc1cccc(Cn2cnc(OCc3ccc(F)cc3)c(Br)c2=O)c1. The van der Waals surface area contributed by atoms with E-state index < -0.39 is 6.09 Å². The number of ether oxygens (including phenoxy) is 1. The smallest absolute Gasteiger partial charge is 0.271 e. The lowest BCUT2D eigenvalue weighted by Gasteiger charge is -2.11. The summed E-state index contributed by atoms with van der Waals surface area (Å²) in [4.78, 5) is 27.3. The first kappa shape index (κ1) is 20.5. The zero-order valence-electron chi connectivity index (χ0n) is 15.1. The van der Waals surface area contributed by atoms with Crippen LogP contribution in [0.1, 0.15) is 16.7 Å². The Balaban J connectivity index is 1.70. The van der Waals surface area contributed by atoms with Crippen molar-refractivity contribution in [2.24, 2.45) is 0 Å². The van der Waals surface area contributed by atoms with E-state index in [0.717, 1.165) is 16.7 Å². The summed E-state index contributed by atoms with van der Waals surface area (Å²) in [5, 5.41) is 12.7. The minimum absolute atomic E-state index is 0.114. The maximum atomic E-state index is 13.0. The van der Waals surface area contributed by atoms with Crippen molar-refractivity contribution in [1.29, 1.82) is 0 Å². The van der Waals surface area contributed by atoms with Crippen molar-refractivity contribution in [2.45, 2.75) is 19.7 Å². The van der Waals surface area contributed by atoms with Crippen LogP contribution < -0.4 is 20.7 Å². The number of nitrogens with one attached hydrogen (secondary N) is 1. The molecule has 0 unspecified atom stereocenters. The molecule has 1 aromatic heterocycles. The molecule has 0 atom stereocenters. The number of carboxylic acid groups (broad SMARTS) is 1. The molecule has 1 N–H and O–H groups in total. The molecule has 150 valence electrons. The summed E-state index contributed by atoms with van der Waals surface area (Å²) < 4.78 is 20.1. The van der Waals surface area contributed by atoms with Gasteiger partial charge in [-0.1, -0.05) is 36.4 Å². The Morgan fingerprint density at radius 2 is 1.90 bits per heavy atom. The summed E-state index contributed by atoms with van der Waals surface area (Å²) >= 11 is 3.22. The van der Waals surface area contributed by atoms with Crippen LogP contribution in [0.5, 0.6) is 5.88 Å². The first-order valence-electron chi connectivity index (χ1n) is 8.57. The van der Waals surface area contributed by atoms with Crippen LogP contribution in [0, 0.1) is 5.82 Å². The first-order chi connectivity index (χ1) is 13.9. The summed E-state index contributed by atoms with van der Waals surface area (Å²) in [5.74, 6) is -0.197.